The van der Waals surface area contributed by atoms with Gasteiger partial charge in [-0.15, -0.1) is 0 Å². The van der Waals surface area contributed by atoms with Gasteiger partial charge < -0.3 is 27.1 Å². The molecule has 2 aromatic heterocycles. The molecule has 6 rings (SSSR count). The number of hydrogen-bond donors (Lipinski definition) is 4. The third-order valence-corrected chi connectivity index (χ3v) is 8.04. The average molecular weight is 497 g/mol. The van der Waals surface area contributed by atoms with E-state index in [0.717, 1.165) is 77.9 Å². The van der Waals surface area contributed by atoms with Crippen LogP contribution in [0.15, 0.2) is 48.5 Å². The first-order chi connectivity index (χ1) is 18.1. The molecule has 8 nitrogen and oxygen atoms in total. The quantitative estimate of drug-likeness (QED) is 0.264. The van der Waals surface area contributed by atoms with Crippen molar-refractivity contribution in [3.05, 3.63) is 59.9 Å². The molecule has 2 aromatic carbocycles. The van der Waals surface area contributed by atoms with Gasteiger partial charge in [0.25, 0.3) is 0 Å². The van der Waals surface area contributed by atoms with E-state index in [1.165, 1.54) is 12.8 Å². The lowest BCUT2D eigenvalue weighted by atomic mass is 9.85. The Morgan fingerprint density at radius 1 is 0.865 bits per heavy atom. The number of nitrogens with one attached hydrogen (secondary N) is 1. The van der Waals surface area contributed by atoms with Gasteiger partial charge in [-0.1, -0.05) is 61.7 Å². The summed E-state index contributed by atoms with van der Waals surface area (Å²) in [4.78, 5) is 14.5. The van der Waals surface area contributed by atoms with Gasteiger partial charge in [-0.25, -0.2) is 4.98 Å². The molecule has 0 spiro atoms. The minimum absolute atomic E-state index is 0.235. The molecule has 2 saturated carbocycles. The maximum Gasteiger partial charge on any atom is 0.224 e. The van der Waals surface area contributed by atoms with Crippen molar-refractivity contribution in [2.45, 2.75) is 75.9 Å². The molecule has 0 bridgehead atoms. The molecule has 2 fully saturated rings. The van der Waals surface area contributed by atoms with E-state index < -0.39 is 0 Å². The molecule has 0 saturated heterocycles. The second-order valence-electron chi connectivity index (χ2n) is 10.6. The van der Waals surface area contributed by atoms with Gasteiger partial charge in [-0.2, -0.15) is 9.97 Å². The highest BCUT2D eigenvalue weighted by molar-refractivity contribution is 5.85. The number of nitrogens with two attached hydrogens (primary N) is 3. The van der Waals surface area contributed by atoms with Crippen LogP contribution >= 0.6 is 0 Å². The Kier molecular flexibility index (Phi) is 6.42. The van der Waals surface area contributed by atoms with E-state index in [4.69, 9.17) is 27.2 Å². The lowest BCUT2D eigenvalue weighted by Crippen LogP contribution is -2.28. The molecule has 4 aromatic rings. The minimum Gasteiger partial charge on any atom is -0.398 e. The lowest BCUT2D eigenvalue weighted by molar-refractivity contribution is 0.364. The summed E-state index contributed by atoms with van der Waals surface area (Å²) < 4.78 is 2.38. The minimum atomic E-state index is 0.235. The summed E-state index contributed by atoms with van der Waals surface area (Å²) in [5.74, 6) is 2.43. The van der Waals surface area contributed by atoms with Gasteiger partial charge in [0.05, 0.1) is 0 Å². The Bertz CT molecular complexity index is 1390. The summed E-state index contributed by atoms with van der Waals surface area (Å²) in [6.07, 6.45) is 9.12. The van der Waals surface area contributed by atoms with E-state index in [-0.39, 0.29) is 12.0 Å². The Hall–Kier alpha value is -3.65. The average Bonchev–Trinajstić information content (AvgIpc) is 3.56. The molecule has 0 radical (unpaired) electrons. The van der Waals surface area contributed by atoms with E-state index >= 15 is 0 Å². The highest BCUT2D eigenvalue weighted by atomic mass is 15.2. The van der Waals surface area contributed by atoms with Gasteiger partial charge in [-0.05, 0) is 49.3 Å². The van der Waals surface area contributed by atoms with Gasteiger partial charge in [0.2, 0.25) is 5.95 Å². The van der Waals surface area contributed by atoms with Crippen molar-refractivity contribution in [1.29, 1.82) is 0 Å². The number of nitrogen functional groups attached to an aromatic ring is 2. The van der Waals surface area contributed by atoms with Crippen LogP contribution < -0.4 is 22.5 Å². The molecule has 0 amide bonds. The number of nitrogens with zero attached hydrogens (tertiary/aromatic N) is 4. The van der Waals surface area contributed by atoms with Crippen LogP contribution in [0.2, 0.25) is 0 Å². The van der Waals surface area contributed by atoms with E-state index in [2.05, 4.69) is 39.1 Å². The Morgan fingerprint density at radius 2 is 1.65 bits per heavy atom. The van der Waals surface area contributed by atoms with Gasteiger partial charge in [0.15, 0.2) is 17.0 Å². The molecule has 2 aliphatic rings. The predicted molar refractivity (Wildman–Crippen MR) is 150 cm³/mol. The van der Waals surface area contributed by atoms with Crippen LogP contribution in [-0.2, 0) is 6.54 Å². The monoisotopic (exact) mass is 496 g/mol. The fourth-order valence-corrected chi connectivity index (χ4v) is 6.15. The number of hydrogen-bond acceptors (Lipinski definition) is 7. The number of rotatable bonds is 6. The van der Waals surface area contributed by atoms with Crippen molar-refractivity contribution in [2.75, 3.05) is 16.8 Å². The first kappa shape index (κ1) is 23.7. The van der Waals surface area contributed by atoms with Crippen LogP contribution in [-0.4, -0.2) is 25.6 Å². The summed E-state index contributed by atoms with van der Waals surface area (Å²) in [5, 5.41) is 3.50. The Balaban J connectivity index is 1.31. The van der Waals surface area contributed by atoms with Crippen LogP contribution in [0.25, 0.3) is 22.3 Å². The van der Waals surface area contributed by atoms with E-state index in [0.29, 0.717) is 24.3 Å². The highest BCUT2D eigenvalue weighted by Gasteiger charge is 2.31. The van der Waals surface area contributed by atoms with Crippen molar-refractivity contribution in [3.8, 4) is 11.1 Å². The SMILES string of the molecule is Nc1nc(NCc2ccc(-c3ccccc3N)cc2)c2nc(C3CCCC(N)C3)n(C3CCCC3)c2n1. The van der Waals surface area contributed by atoms with Crippen molar-refractivity contribution in [3.63, 3.8) is 0 Å². The number of imidazole rings is 1. The summed E-state index contributed by atoms with van der Waals surface area (Å²) in [7, 11) is 0. The molecule has 8 heteroatoms. The zero-order valence-corrected chi connectivity index (χ0v) is 21.2. The molecule has 37 heavy (non-hydrogen) atoms. The van der Waals surface area contributed by atoms with Crippen molar-refractivity contribution < 1.29 is 0 Å². The molecular formula is C29H36N8. The van der Waals surface area contributed by atoms with E-state index in [9.17, 15) is 0 Å². The molecule has 2 unspecified atom stereocenters. The van der Waals surface area contributed by atoms with Crippen LogP contribution in [0.4, 0.5) is 17.5 Å². The van der Waals surface area contributed by atoms with Crippen LogP contribution in [0.3, 0.4) is 0 Å². The lowest BCUT2D eigenvalue weighted by Gasteiger charge is -2.28. The number of fused-ring (bicyclic) bond motifs is 1. The molecule has 2 aliphatic carbocycles. The number of benzene rings is 2. The van der Waals surface area contributed by atoms with Crippen molar-refractivity contribution in [1.82, 2.24) is 19.5 Å². The zero-order chi connectivity index (χ0) is 25.4. The van der Waals surface area contributed by atoms with E-state index in [1.54, 1.807) is 0 Å². The van der Waals surface area contributed by atoms with Crippen molar-refractivity contribution >= 4 is 28.6 Å². The maximum atomic E-state index is 6.38. The third-order valence-electron chi connectivity index (χ3n) is 8.04. The summed E-state index contributed by atoms with van der Waals surface area (Å²) in [6, 6.07) is 17.0. The molecule has 7 N–H and O–H groups in total. The standard InChI is InChI=1S/C29H36N8/c30-21-7-5-6-20(16-21)27-34-25-26(35-29(32)36-28(25)37(27)22-8-1-2-9-22)33-17-18-12-14-19(15-13-18)23-10-3-4-11-24(23)31/h3-4,10-15,20-22H,1-2,5-9,16-17,30-31H2,(H3,32,33,35,36). The third kappa shape index (κ3) is 4.73. The van der Waals surface area contributed by atoms with Gasteiger partial charge in [-0.3, -0.25) is 0 Å². The molecule has 192 valence electrons. The predicted octanol–water partition coefficient (Wildman–Crippen LogP) is 5.37. The fourth-order valence-electron chi connectivity index (χ4n) is 6.15. The van der Waals surface area contributed by atoms with E-state index in [1.807, 2.05) is 24.3 Å². The van der Waals surface area contributed by atoms with Crippen LogP contribution in [0.1, 0.15) is 74.7 Å². The normalized spacial score (nSPS) is 20.5. The topological polar surface area (TPSA) is 134 Å². The fraction of sp³-hybridized carbons (Fsp3) is 0.414. The highest BCUT2D eigenvalue weighted by Crippen LogP contribution is 2.40. The van der Waals surface area contributed by atoms with Gasteiger partial charge >= 0.3 is 0 Å². The molecular weight excluding hydrogens is 460 g/mol. The zero-order valence-electron chi connectivity index (χ0n) is 21.2. The maximum absolute atomic E-state index is 6.38. The summed E-state index contributed by atoms with van der Waals surface area (Å²) >= 11 is 0. The van der Waals surface area contributed by atoms with Gasteiger partial charge in [0.1, 0.15) is 5.82 Å². The largest absolute Gasteiger partial charge is 0.398 e. The summed E-state index contributed by atoms with van der Waals surface area (Å²) in [5.41, 5.74) is 24.5. The number of aromatic nitrogens is 4. The van der Waals surface area contributed by atoms with Crippen molar-refractivity contribution in [2.24, 2.45) is 5.73 Å². The second-order valence-corrected chi connectivity index (χ2v) is 10.6. The smallest absolute Gasteiger partial charge is 0.224 e. The first-order valence-corrected chi connectivity index (χ1v) is 13.6. The Morgan fingerprint density at radius 3 is 2.41 bits per heavy atom. The first-order valence-electron chi connectivity index (χ1n) is 13.6. The number of anilines is 3. The van der Waals surface area contributed by atoms with Gasteiger partial charge in [0, 0.05) is 35.8 Å². The molecule has 0 aliphatic heterocycles. The van der Waals surface area contributed by atoms with Crippen LogP contribution in [0, 0.1) is 0 Å². The van der Waals surface area contributed by atoms with Crippen LogP contribution in [0.5, 0.6) is 0 Å². The second kappa shape index (κ2) is 10.0. The number of para-hydroxylation sites is 1. The summed E-state index contributed by atoms with van der Waals surface area (Å²) in [6.45, 7) is 0.607. The Labute approximate surface area is 217 Å². The molecule has 2 atom stereocenters. The molecule has 2 heterocycles.